The van der Waals surface area contributed by atoms with Gasteiger partial charge in [-0.1, -0.05) is 96.2 Å². The number of hydrogen-bond donors (Lipinski definition) is 1. The van der Waals surface area contributed by atoms with E-state index in [9.17, 15) is 0 Å². The van der Waals surface area contributed by atoms with Gasteiger partial charge in [0.05, 0.1) is 18.4 Å². The zero-order valence-corrected chi connectivity index (χ0v) is 21.0. The van der Waals surface area contributed by atoms with Crippen molar-refractivity contribution in [3.63, 3.8) is 0 Å². The van der Waals surface area contributed by atoms with E-state index in [-0.39, 0.29) is 0 Å². The smallest absolute Gasteiger partial charge is 0.0606 e. The monoisotopic (exact) mass is 424 g/mol. The van der Waals surface area contributed by atoms with Gasteiger partial charge in [0.1, 0.15) is 0 Å². The second-order valence-corrected chi connectivity index (χ2v) is 6.55. The molecule has 172 valence electrons. The molecule has 1 aliphatic heterocycles. The largest absolute Gasteiger partial charge is 0.396 e. The van der Waals surface area contributed by atoms with Gasteiger partial charge < -0.3 is 5.11 Å². The van der Waals surface area contributed by atoms with Crippen molar-refractivity contribution in [3.8, 4) is 0 Å². The number of aliphatic hydroxyl groups is 1. The molecular weight excluding hydrogens is 380 g/mol. The molecule has 0 saturated carbocycles. The Morgan fingerprint density at radius 1 is 1.03 bits per heavy atom. The SMILES string of the molecule is C/C=C\C1=CCN(c2ccc3ccccc3c2)N=C1.C=CC.CC.CC.CC(C)CO. The van der Waals surface area contributed by atoms with Gasteiger partial charge in [0.15, 0.2) is 0 Å². The minimum absolute atomic E-state index is 0.306. The number of benzene rings is 2. The van der Waals surface area contributed by atoms with Crippen molar-refractivity contribution < 1.29 is 5.11 Å². The van der Waals surface area contributed by atoms with Gasteiger partial charge in [-0.05, 0) is 48.2 Å². The van der Waals surface area contributed by atoms with Gasteiger partial charge in [-0.15, -0.1) is 6.58 Å². The molecule has 0 radical (unpaired) electrons. The fourth-order valence-corrected chi connectivity index (χ4v) is 2.24. The molecule has 0 atom stereocenters. The first kappa shape index (κ1) is 30.5. The predicted molar refractivity (Wildman–Crippen MR) is 143 cm³/mol. The van der Waals surface area contributed by atoms with Gasteiger partial charge in [0.2, 0.25) is 0 Å². The van der Waals surface area contributed by atoms with Gasteiger partial charge in [-0.3, -0.25) is 5.01 Å². The molecule has 0 aromatic heterocycles. The van der Waals surface area contributed by atoms with Crippen molar-refractivity contribution in [1.29, 1.82) is 0 Å². The maximum Gasteiger partial charge on any atom is 0.0606 e. The number of rotatable bonds is 3. The highest BCUT2D eigenvalue weighted by Gasteiger charge is 2.07. The molecule has 2 aromatic carbocycles. The third kappa shape index (κ3) is 13.3. The van der Waals surface area contributed by atoms with Crippen LogP contribution in [0.5, 0.6) is 0 Å². The Labute approximate surface area is 191 Å². The summed E-state index contributed by atoms with van der Waals surface area (Å²) in [7, 11) is 0. The van der Waals surface area contributed by atoms with Crippen molar-refractivity contribution in [2.75, 3.05) is 18.2 Å². The first-order chi connectivity index (χ1) is 15.0. The molecule has 1 heterocycles. The van der Waals surface area contributed by atoms with Crippen molar-refractivity contribution in [2.45, 2.75) is 55.4 Å². The first-order valence-corrected chi connectivity index (χ1v) is 11.4. The van der Waals surface area contributed by atoms with Crippen LogP contribution < -0.4 is 5.01 Å². The second-order valence-electron chi connectivity index (χ2n) is 6.55. The normalized spacial score (nSPS) is 11.7. The molecular formula is C28H44N2O. The summed E-state index contributed by atoms with van der Waals surface area (Å²) in [5, 5.41) is 17.2. The van der Waals surface area contributed by atoms with E-state index >= 15 is 0 Å². The van der Waals surface area contributed by atoms with E-state index < -0.39 is 0 Å². The molecule has 1 N–H and O–H groups in total. The van der Waals surface area contributed by atoms with Crippen LogP contribution in [0.3, 0.4) is 0 Å². The molecule has 0 saturated heterocycles. The Kier molecular flexibility index (Phi) is 20.3. The van der Waals surface area contributed by atoms with Crippen LogP contribution in [-0.4, -0.2) is 24.5 Å². The molecule has 3 nitrogen and oxygen atoms in total. The van der Waals surface area contributed by atoms with Crippen LogP contribution in [0, 0.1) is 5.92 Å². The summed E-state index contributed by atoms with van der Waals surface area (Å²) in [6.07, 6.45) is 9.94. The van der Waals surface area contributed by atoms with Crippen LogP contribution >= 0.6 is 0 Å². The van der Waals surface area contributed by atoms with Gasteiger partial charge in [0, 0.05) is 6.61 Å². The summed E-state index contributed by atoms with van der Waals surface area (Å²) < 4.78 is 0. The summed E-state index contributed by atoms with van der Waals surface area (Å²) in [5.74, 6) is 0.440. The molecule has 1 aliphatic rings. The fraction of sp³-hybridized carbons (Fsp3) is 0.393. The summed E-state index contributed by atoms with van der Waals surface area (Å²) in [4.78, 5) is 0. The van der Waals surface area contributed by atoms with E-state index in [0.717, 1.165) is 12.2 Å². The lowest BCUT2D eigenvalue weighted by atomic mass is 10.1. The third-order valence-electron chi connectivity index (χ3n) is 3.60. The third-order valence-corrected chi connectivity index (χ3v) is 3.60. The average Bonchev–Trinajstić information content (AvgIpc) is 2.83. The molecule has 2 aromatic rings. The highest BCUT2D eigenvalue weighted by molar-refractivity contribution is 5.87. The van der Waals surface area contributed by atoms with Crippen LogP contribution in [0.2, 0.25) is 0 Å². The Bertz CT molecular complexity index is 788. The summed E-state index contributed by atoms with van der Waals surface area (Å²) in [6, 6.07) is 14.8. The standard InChI is InChI=1S/C17H16N2.C4H10O.C3H6.2C2H6/c1-2-5-14-10-11-19(18-13-14)17-9-8-15-6-3-4-7-16(15)12-17;1-4(2)3-5;1-3-2;2*1-2/h2-10,12-13H,11H2,1H3;4-5H,3H2,1-2H3;3H,1H2,2H3;2*1-2H3/b5-2-;;;;. The number of hydrazone groups is 1. The fourth-order valence-electron chi connectivity index (χ4n) is 2.24. The van der Waals surface area contributed by atoms with E-state index in [1.54, 1.807) is 6.08 Å². The van der Waals surface area contributed by atoms with Gasteiger partial charge in [0.25, 0.3) is 0 Å². The number of nitrogens with zero attached hydrogens (tertiary/aromatic N) is 2. The van der Waals surface area contributed by atoms with E-state index in [0.29, 0.717) is 12.5 Å². The number of allylic oxidation sites excluding steroid dienone is 4. The van der Waals surface area contributed by atoms with Crippen LogP contribution in [0.25, 0.3) is 10.8 Å². The predicted octanol–water partition coefficient (Wildman–Crippen LogP) is 8.03. The molecule has 0 bridgehead atoms. The van der Waals surface area contributed by atoms with Gasteiger partial charge in [-0.2, -0.15) is 5.10 Å². The van der Waals surface area contributed by atoms with E-state index in [1.165, 1.54) is 16.3 Å². The highest BCUT2D eigenvalue weighted by Crippen LogP contribution is 2.23. The van der Waals surface area contributed by atoms with Crippen molar-refractivity contribution in [1.82, 2.24) is 0 Å². The van der Waals surface area contributed by atoms with Gasteiger partial charge >= 0.3 is 0 Å². The maximum absolute atomic E-state index is 8.14. The van der Waals surface area contributed by atoms with Crippen LogP contribution in [0.1, 0.15) is 55.4 Å². The van der Waals surface area contributed by atoms with Crippen LogP contribution in [-0.2, 0) is 0 Å². The Balaban J connectivity index is 0. The molecule has 0 amide bonds. The number of fused-ring (bicyclic) bond motifs is 1. The van der Waals surface area contributed by atoms with Gasteiger partial charge in [-0.25, -0.2) is 0 Å². The summed E-state index contributed by atoms with van der Waals surface area (Å²) in [6.45, 7) is 20.3. The Morgan fingerprint density at radius 2 is 1.58 bits per heavy atom. The molecule has 0 aliphatic carbocycles. The topological polar surface area (TPSA) is 35.8 Å². The van der Waals surface area contributed by atoms with Crippen molar-refractivity contribution >= 4 is 22.7 Å². The van der Waals surface area contributed by atoms with E-state index in [4.69, 9.17) is 5.11 Å². The summed E-state index contributed by atoms with van der Waals surface area (Å²) in [5.41, 5.74) is 2.30. The lowest BCUT2D eigenvalue weighted by molar-refractivity contribution is 0.248. The molecule has 3 heteroatoms. The van der Waals surface area contributed by atoms with E-state index in [1.807, 2.05) is 72.7 Å². The van der Waals surface area contributed by atoms with Crippen LogP contribution in [0.4, 0.5) is 5.69 Å². The Morgan fingerprint density at radius 3 is 2.03 bits per heavy atom. The maximum atomic E-state index is 8.14. The lowest BCUT2D eigenvalue weighted by Crippen LogP contribution is -2.19. The van der Waals surface area contributed by atoms with Crippen molar-refractivity contribution in [2.24, 2.45) is 11.0 Å². The first-order valence-electron chi connectivity index (χ1n) is 11.4. The van der Waals surface area contributed by atoms with Crippen LogP contribution in [0.15, 0.2) is 84.0 Å². The number of anilines is 1. The average molecular weight is 425 g/mol. The summed E-state index contributed by atoms with van der Waals surface area (Å²) >= 11 is 0. The molecule has 3 rings (SSSR count). The molecule has 0 unspecified atom stereocenters. The Hall–Kier alpha value is -2.65. The van der Waals surface area contributed by atoms with Crippen molar-refractivity contribution in [3.05, 3.63) is 78.9 Å². The number of aliphatic hydroxyl groups excluding tert-OH is 1. The minimum atomic E-state index is 0.306. The molecule has 0 spiro atoms. The zero-order valence-electron chi connectivity index (χ0n) is 21.0. The molecule has 0 fully saturated rings. The molecule has 31 heavy (non-hydrogen) atoms. The highest BCUT2D eigenvalue weighted by atomic mass is 16.3. The van der Waals surface area contributed by atoms with E-state index in [2.05, 4.69) is 66.3 Å². The zero-order chi connectivity index (χ0) is 24.1. The minimum Gasteiger partial charge on any atom is -0.396 e. The second kappa shape index (κ2) is 20.6. The quantitative estimate of drug-likeness (QED) is 0.506. The lowest BCUT2D eigenvalue weighted by Gasteiger charge is -2.21. The number of hydrogen-bond acceptors (Lipinski definition) is 3.